The Labute approximate surface area is 167 Å². The zero-order valence-corrected chi connectivity index (χ0v) is 16.9. The second-order valence-corrected chi connectivity index (χ2v) is 8.14. The average Bonchev–Trinajstić information content (AvgIpc) is 2.71. The maximum absolute atomic E-state index is 12.5. The van der Waals surface area contributed by atoms with Crippen LogP contribution in [0.4, 0.5) is 5.69 Å². The van der Waals surface area contributed by atoms with Gasteiger partial charge in [-0.05, 0) is 69.7 Å². The highest BCUT2D eigenvalue weighted by molar-refractivity contribution is 5.43. The van der Waals surface area contributed by atoms with Crippen LogP contribution in [0.5, 0.6) is 0 Å². The van der Waals surface area contributed by atoms with Gasteiger partial charge in [-0.2, -0.15) is 5.10 Å². The molecule has 28 heavy (non-hydrogen) atoms. The molecule has 0 amide bonds. The minimum Gasteiger partial charge on any atom is -0.383 e. The number of hydrogen-bond donors (Lipinski definition) is 1. The molecule has 1 unspecified atom stereocenters. The zero-order valence-electron chi connectivity index (χ0n) is 16.9. The van der Waals surface area contributed by atoms with Gasteiger partial charge in [0.05, 0.1) is 12.2 Å². The lowest BCUT2D eigenvalue weighted by molar-refractivity contribution is 0.148. The lowest BCUT2D eigenvalue weighted by atomic mass is 9.97. The van der Waals surface area contributed by atoms with E-state index in [2.05, 4.69) is 26.4 Å². The fraction of sp³-hybridized carbons (Fsp3) is 0.591. The molecule has 2 aromatic heterocycles. The first-order valence-corrected chi connectivity index (χ1v) is 10.7. The number of nitrogens with zero attached hydrogens (tertiary/aromatic N) is 4. The molecule has 1 saturated heterocycles. The summed E-state index contributed by atoms with van der Waals surface area (Å²) < 4.78 is 1.69. The first-order valence-electron chi connectivity index (χ1n) is 10.7. The van der Waals surface area contributed by atoms with Crippen molar-refractivity contribution in [2.75, 3.05) is 25.0 Å². The summed E-state index contributed by atoms with van der Waals surface area (Å²) in [6, 6.07) is 6.43. The van der Waals surface area contributed by atoms with E-state index in [4.69, 9.17) is 0 Å². The fourth-order valence-electron chi connectivity index (χ4n) is 4.46. The maximum Gasteiger partial charge on any atom is 0.267 e. The van der Waals surface area contributed by atoms with Crippen molar-refractivity contribution >= 4 is 5.69 Å². The highest BCUT2D eigenvalue weighted by Gasteiger charge is 2.22. The van der Waals surface area contributed by atoms with Crippen LogP contribution in [0.25, 0.3) is 0 Å². The fourth-order valence-corrected chi connectivity index (χ4v) is 4.46. The molecule has 3 heterocycles. The van der Waals surface area contributed by atoms with Crippen molar-refractivity contribution in [2.45, 2.75) is 64.5 Å². The monoisotopic (exact) mass is 381 g/mol. The topological polar surface area (TPSA) is 63.1 Å². The number of aryl methyl sites for hydroxylation is 3. The molecule has 0 aromatic carbocycles. The van der Waals surface area contributed by atoms with E-state index in [1.54, 1.807) is 4.68 Å². The maximum atomic E-state index is 12.5. The van der Waals surface area contributed by atoms with Crippen molar-refractivity contribution in [3.05, 3.63) is 51.7 Å². The Bertz CT molecular complexity index is 862. The number of hydrogen-bond acceptors (Lipinski definition) is 5. The summed E-state index contributed by atoms with van der Waals surface area (Å²) in [5, 5.41) is 8.25. The summed E-state index contributed by atoms with van der Waals surface area (Å²) in [6.07, 6.45) is 9.94. The van der Waals surface area contributed by atoms with E-state index in [-0.39, 0.29) is 5.56 Å². The van der Waals surface area contributed by atoms with Gasteiger partial charge in [-0.15, -0.1) is 0 Å². The molecule has 2 aliphatic rings. The summed E-state index contributed by atoms with van der Waals surface area (Å²) in [5.74, 6) is 0. The van der Waals surface area contributed by atoms with E-state index in [9.17, 15) is 4.79 Å². The smallest absolute Gasteiger partial charge is 0.267 e. The van der Waals surface area contributed by atoms with Gasteiger partial charge in [-0.3, -0.25) is 14.7 Å². The van der Waals surface area contributed by atoms with Crippen LogP contribution in [-0.4, -0.2) is 45.3 Å². The van der Waals surface area contributed by atoms with Crippen LogP contribution < -0.4 is 10.9 Å². The van der Waals surface area contributed by atoms with Crippen LogP contribution in [0.2, 0.25) is 0 Å². The number of rotatable bonds is 6. The van der Waals surface area contributed by atoms with Crippen molar-refractivity contribution in [3.8, 4) is 0 Å². The second-order valence-electron chi connectivity index (χ2n) is 8.14. The van der Waals surface area contributed by atoms with Gasteiger partial charge in [-0.25, -0.2) is 4.68 Å². The normalized spacial score (nSPS) is 20.0. The van der Waals surface area contributed by atoms with Gasteiger partial charge in [0.2, 0.25) is 0 Å². The third-order valence-electron chi connectivity index (χ3n) is 6.06. The summed E-state index contributed by atoms with van der Waals surface area (Å²) in [6.45, 7) is 5.60. The quantitative estimate of drug-likeness (QED) is 0.834. The van der Waals surface area contributed by atoms with Crippen LogP contribution in [-0.2, 0) is 19.4 Å². The Morgan fingerprint density at radius 2 is 2.04 bits per heavy atom. The van der Waals surface area contributed by atoms with E-state index in [0.29, 0.717) is 12.6 Å². The first-order chi connectivity index (χ1) is 13.7. The van der Waals surface area contributed by atoms with Crippen LogP contribution in [0.3, 0.4) is 0 Å². The number of piperidine rings is 1. The van der Waals surface area contributed by atoms with E-state index in [0.717, 1.165) is 49.6 Å². The molecule has 0 bridgehead atoms. The van der Waals surface area contributed by atoms with Crippen LogP contribution >= 0.6 is 0 Å². The second kappa shape index (κ2) is 8.86. The molecule has 0 radical (unpaired) electrons. The van der Waals surface area contributed by atoms with E-state index in [1.165, 1.54) is 37.7 Å². The number of aromatic nitrogens is 3. The lowest BCUT2D eigenvalue weighted by Crippen LogP contribution is -2.45. The molecule has 0 saturated carbocycles. The molecular weight excluding hydrogens is 350 g/mol. The van der Waals surface area contributed by atoms with E-state index in [1.807, 2.05) is 25.3 Å². The highest BCUT2D eigenvalue weighted by atomic mass is 16.1. The Balaban J connectivity index is 1.38. The third kappa shape index (κ3) is 4.61. The molecule has 1 aliphatic heterocycles. The van der Waals surface area contributed by atoms with Crippen LogP contribution in [0, 0.1) is 6.92 Å². The molecular formula is C22H31N5O. The van der Waals surface area contributed by atoms with Gasteiger partial charge in [0.25, 0.3) is 5.56 Å². The van der Waals surface area contributed by atoms with Gasteiger partial charge in [0.1, 0.15) is 0 Å². The standard InChI is InChI=1S/C22H31N5O/c1-17-14-19(9-10-23-17)24-16-20-7-4-5-11-26(20)12-13-27-22(28)15-18-6-2-3-8-21(18)25-27/h9-10,14-15,20H,2-8,11-13,16H2,1H3,(H,23,24). The average molecular weight is 382 g/mol. The minimum absolute atomic E-state index is 0.0552. The zero-order chi connectivity index (χ0) is 19.3. The molecule has 0 spiro atoms. The Hall–Kier alpha value is -2.21. The van der Waals surface area contributed by atoms with Gasteiger partial charge >= 0.3 is 0 Å². The molecule has 1 atom stereocenters. The molecule has 1 aliphatic carbocycles. The summed E-state index contributed by atoms with van der Waals surface area (Å²) in [7, 11) is 0. The summed E-state index contributed by atoms with van der Waals surface area (Å²) >= 11 is 0. The molecule has 6 heteroatoms. The minimum atomic E-state index is 0.0552. The van der Waals surface area contributed by atoms with Crippen molar-refractivity contribution < 1.29 is 0 Å². The molecule has 6 nitrogen and oxygen atoms in total. The molecule has 1 N–H and O–H groups in total. The number of nitrogens with one attached hydrogen (secondary N) is 1. The molecule has 2 aromatic rings. The molecule has 150 valence electrons. The third-order valence-corrected chi connectivity index (χ3v) is 6.06. The molecule has 4 rings (SSSR count). The van der Waals surface area contributed by atoms with Gasteiger partial charge < -0.3 is 5.32 Å². The Morgan fingerprint density at radius 3 is 2.93 bits per heavy atom. The largest absolute Gasteiger partial charge is 0.383 e. The predicted octanol–water partition coefficient (Wildman–Crippen LogP) is 2.79. The van der Waals surface area contributed by atoms with Crippen molar-refractivity contribution in [3.63, 3.8) is 0 Å². The first kappa shape index (κ1) is 19.1. The van der Waals surface area contributed by atoms with Gasteiger partial charge in [0.15, 0.2) is 0 Å². The molecule has 1 fully saturated rings. The number of likely N-dealkylation sites (tertiary alicyclic amines) is 1. The summed E-state index contributed by atoms with van der Waals surface area (Å²) in [5.41, 5.74) is 4.52. The van der Waals surface area contributed by atoms with Crippen molar-refractivity contribution in [1.29, 1.82) is 0 Å². The predicted molar refractivity (Wildman–Crippen MR) is 112 cm³/mol. The van der Waals surface area contributed by atoms with Crippen LogP contribution in [0.15, 0.2) is 29.2 Å². The van der Waals surface area contributed by atoms with Gasteiger partial charge in [-0.1, -0.05) is 6.42 Å². The van der Waals surface area contributed by atoms with Gasteiger partial charge in [0, 0.05) is 42.8 Å². The summed E-state index contributed by atoms with van der Waals surface area (Å²) in [4.78, 5) is 19.2. The van der Waals surface area contributed by atoms with E-state index >= 15 is 0 Å². The Morgan fingerprint density at radius 1 is 1.14 bits per heavy atom. The number of fused-ring (bicyclic) bond motifs is 1. The SMILES string of the molecule is Cc1cc(NCC2CCCCN2CCn2nc3c(cc2=O)CCCC3)ccn1. The number of pyridine rings is 1. The van der Waals surface area contributed by atoms with E-state index < -0.39 is 0 Å². The van der Waals surface area contributed by atoms with Crippen molar-refractivity contribution in [2.24, 2.45) is 0 Å². The Kier molecular flexibility index (Phi) is 6.05. The highest BCUT2D eigenvalue weighted by Crippen LogP contribution is 2.19. The van der Waals surface area contributed by atoms with Crippen molar-refractivity contribution in [1.82, 2.24) is 19.7 Å². The van der Waals surface area contributed by atoms with Crippen LogP contribution in [0.1, 0.15) is 49.1 Å². The number of anilines is 1. The lowest BCUT2D eigenvalue weighted by Gasteiger charge is -2.36.